The number of halogens is 1. The molecule has 0 aliphatic rings. The lowest BCUT2D eigenvalue weighted by molar-refractivity contribution is 0.327. The van der Waals surface area contributed by atoms with Crippen LogP contribution in [-0.4, -0.2) is 36.7 Å². The van der Waals surface area contributed by atoms with Crippen molar-refractivity contribution in [2.24, 2.45) is 5.73 Å². The van der Waals surface area contributed by atoms with Crippen LogP contribution in [0.4, 0.5) is 4.39 Å². The lowest BCUT2D eigenvalue weighted by Crippen LogP contribution is -2.30. The fraction of sp³-hybridized carbons (Fsp3) is 0.800. The highest BCUT2D eigenvalue weighted by molar-refractivity contribution is 7.80. The molecule has 0 bridgehead atoms. The predicted molar refractivity (Wildman–Crippen MR) is 40.3 cm³/mol. The Morgan fingerprint density at radius 2 is 2.33 bits per heavy atom. The largest absolute Gasteiger partial charge is 0.392 e. The molecule has 0 aromatic heterocycles. The summed E-state index contributed by atoms with van der Waals surface area (Å²) in [5, 5.41) is 0. The average molecular weight is 150 g/mol. The maximum absolute atomic E-state index is 11.6. The molecule has 0 rings (SSSR count). The van der Waals surface area contributed by atoms with Gasteiger partial charge in [0, 0.05) is 13.1 Å². The molecule has 0 amide bonds. The van der Waals surface area contributed by atoms with Gasteiger partial charge in [0.1, 0.15) is 6.67 Å². The van der Waals surface area contributed by atoms with E-state index in [1.54, 1.807) is 11.9 Å². The minimum absolute atomic E-state index is 0.348. The molecule has 0 radical (unpaired) electrons. The Morgan fingerprint density at radius 1 is 1.78 bits per heavy atom. The molecule has 0 heterocycles. The Bertz CT molecular complexity index is 97.0. The number of thiocarbonyl (C=S) groups is 1. The average Bonchev–Trinajstić information content (AvgIpc) is 1.63. The normalized spacial score (nSPS) is 10.1. The highest BCUT2D eigenvalue weighted by Crippen LogP contribution is 1.81. The van der Waals surface area contributed by atoms with Gasteiger partial charge in [0.05, 0.1) is 4.99 Å². The molecule has 0 saturated heterocycles. The van der Waals surface area contributed by atoms with Gasteiger partial charge in [-0.3, -0.25) is 4.90 Å². The van der Waals surface area contributed by atoms with Crippen molar-refractivity contribution in [3.05, 3.63) is 0 Å². The zero-order chi connectivity index (χ0) is 7.28. The summed E-state index contributed by atoms with van der Waals surface area (Å²) >= 11 is 4.60. The van der Waals surface area contributed by atoms with Gasteiger partial charge in [0.2, 0.25) is 0 Å². The van der Waals surface area contributed by atoms with E-state index in [2.05, 4.69) is 12.2 Å². The lowest BCUT2D eigenvalue weighted by atomic mass is 10.5. The van der Waals surface area contributed by atoms with E-state index in [0.29, 0.717) is 18.1 Å². The molecule has 0 fully saturated rings. The van der Waals surface area contributed by atoms with Crippen molar-refractivity contribution in [1.82, 2.24) is 4.90 Å². The third kappa shape index (κ3) is 5.65. The summed E-state index contributed by atoms with van der Waals surface area (Å²) in [7, 11) is 1.78. The summed E-state index contributed by atoms with van der Waals surface area (Å²) in [6.45, 7) is 0.551. The van der Waals surface area contributed by atoms with Crippen LogP contribution in [0.5, 0.6) is 0 Å². The van der Waals surface area contributed by atoms with Gasteiger partial charge in [-0.15, -0.1) is 0 Å². The highest BCUT2D eigenvalue weighted by atomic mass is 32.1. The molecule has 2 nitrogen and oxygen atoms in total. The molecule has 0 saturated carbocycles. The van der Waals surface area contributed by atoms with E-state index in [1.807, 2.05) is 0 Å². The van der Waals surface area contributed by atoms with Crippen LogP contribution in [0.25, 0.3) is 0 Å². The van der Waals surface area contributed by atoms with Gasteiger partial charge < -0.3 is 5.73 Å². The maximum atomic E-state index is 11.6. The van der Waals surface area contributed by atoms with Gasteiger partial charge in [0.15, 0.2) is 0 Å². The first-order valence-electron chi connectivity index (χ1n) is 2.69. The number of rotatable bonds is 4. The van der Waals surface area contributed by atoms with Crippen LogP contribution in [0.2, 0.25) is 0 Å². The number of hydrogen-bond acceptors (Lipinski definition) is 2. The molecule has 4 heteroatoms. The van der Waals surface area contributed by atoms with Crippen molar-refractivity contribution in [3.63, 3.8) is 0 Å². The fourth-order valence-corrected chi connectivity index (χ4v) is 0.710. The third-order valence-corrected chi connectivity index (χ3v) is 1.02. The molecule has 0 unspecified atom stereocenters. The van der Waals surface area contributed by atoms with Crippen molar-refractivity contribution in [2.45, 2.75) is 0 Å². The van der Waals surface area contributed by atoms with E-state index in [9.17, 15) is 4.39 Å². The van der Waals surface area contributed by atoms with Gasteiger partial charge in [0.25, 0.3) is 0 Å². The quantitative estimate of drug-likeness (QED) is 0.579. The number of nitrogens with zero attached hydrogens (tertiary/aromatic N) is 1. The van der Waals surface area contributed by atoms with Crippen molar-refractivity contribution >= 4 is 17.2 Å². The lowest BCUT2D eigenvalue weighted by Gasteiger charge is -2.11. The SMILES string of the molecule is CN(CCF)CC(N)=S. The van der Waals surface area contributed by atoms with E-state index < -0.39 is 0 Å². The number of likely N-dealkylation sites (N-methyl/N-ethyl adjacent to an activating group) is 1. The summed E-state index contributed by atoms with van der Waals surface area (Å²) in [5.74, 6) is 0. The Hall–Kier alpha value is -0.220. The minimum atomic E-state index is -0.348. The summed E-state index contributed by atoms with van der Waals surface area (Å²) in [6.07, 6.45) is 0. The monoisotopic (exact) mass is 150 g/mol. The predicted octanol–water partition coefficient (Wildman–Crippen LogP) is 0.174. The minimum Gasteiger partial charge on any atom is -0.392 e. The van der Waals surface area contributed by atoms with Gasteiger partial charge in [-0.05, 0) is 7.05 Å². The van der Waals surface area contributed by atoms with Crippen molar-refractivity contribution < 1.29 is 4.39 Å². The highest BCUT2D eigenvalue weighted by Gasteiger charge is 1.96. The summed E-state index contributed by atoms with van der Waals surface area (Å²) < 4.78 is 11.6. The summed E-state index contributed by atoms with van der Waals surface area (Å²) in [4.78, 5) is 2.15. The van der Waals surface area contributed by atoms with Crippen molar-refractivity contribution in [2.75, 3.05) is 26.8 Å². The molecule has 0 atom stereocenters. The topological polar surface area (TPSA) is 29.3 Å². The second kappa shape index (κ2) is 4.64. The van der Waals surface area contributed by atoms with Crippen LogP contribution in [0.1, 0.15) is 0 Å². The third-order valence-electron chi connectivity index (χ3n) is 0.892. The van der Waals surface area contributed by atoms with Crippen LogP contribution >= 0.6 is 12.2 Å². The van der Waals surface area contributed by atoms with E-state index in [1.165, 1.54) is 0 Å². The molecule has 0 aliphatic heterocycles. The zero-order valence-corrected chi connectivity index (χ0v) is 6.25. The van der Waals surface area contributed by atoms with Crippen molar-refractivity contribution in [1.29, 1.82) is 0 Å². The first kappa shape index (κ1) is 8.78. The van der Waals surface area contributed by atoms with Crippen LogP contribution in [0.15, 0.2) is 0 Å². The second-order valence-electron chi connectivity index (χ2n) is 1.89. The van der Waals surface area contributed by atoms with Gasteiger partial charge in [-0.25, -0.2) is 4.39 Å². The molecule has 0 aromatic carbocycles. The second-order valence-corrected chi connectivity index (χ2v) is 2.42. The molecule has 2 N–H and O–H groups in total. The van der Waals surface area contributed by atoms with E-state index >= 15 is 0 Å². The molecule has 54 valence electrons. The molecule has 0 aromatic rings. The molecular weight excluding hydrogens is 139 g/mol. The van der Waals surface area contributed by atoms with Gasteiger partial charge in [-0.1, -0.05) is 12.2 Å². The van der Waals surface area contributed by atoms with E-state index in [4.69, 9.17) is 5.73 Å². The maximum Gasteiger partial charge on any atom is 0.102 e. The molecule has 0 spiro atoms. The Balaban J connectivity index is 3.26. The zero-order valence-electron chi connectivity index (χ0n) is 5.43. The van der Waals surface area contributed by atoms with Crippen LogP contribution in [0, 0.1) is 0 Å². The summed E-state index contributed by atoms with van der Waals surface area (Å²) in [5.41, 5.74) is 5.19. The van der Waals surface area contributed by atoms with Crippen LogP contribution in [-0.2, 0) is 0 Å². The smallest absolute Gasteiger partial charge is 0.102 e. The van der Waals surface area contributed by atoms with Crippen molar-refractivity contribution in [3.8, 4) is 0 Å². The van der Waals surface area contributed by atoms with E-state index in [-0.39, 0.29) is 6.67 Å². The standard InChI is InChI=1S/C5H11FN2S/c1-8(3-2-6)4-5(7)9/h2-4H2,1H3,(H2,7,9). The van der Waals surface area contributed by atoms with Crippen LogP contribution < -0.4 is 5.73 Å². The molecular formula is C5H11FN2S. The van der Waals surface area contributed by atoms with Crippen LogP contribution in [0.3, 0.4) is 0 Å². The first-order valence-corrected chi connectivity index (χ1v) is 3.10. The number of nitrogens with two attached hydrogens (primary N) is 1. The van der Waals surface area contributed by atoms with Gasteiger partial charge in [-0.2, -0.15) is 0 Å². The Labute approximate surface area is 59.8 Å². The van der Waals surface area contributed by atoms with E-state index in [0.717, 1.165) is 0 Å². The Kier molecular flexibility index (Phi) is 4.53. The van der Waals surface area contributed by atoms with Gasteiger partial charge >= 0.3 is 0 Å². The molecule has 9 heavy (non-hydrogen) atoms. The number of hydrogen-bond donors (Lipinski definition) is 1. The summed E-state index contributed by atoms with van der Waals surface area (Å²) in [6, 6.07) is 0. The number of alkyl halides is 1. The Morgan fingerprint density at radius 3 is 2.67 bits per heavy atom. The fourth-order valence-electron chi connectivity index (χ4n) is 0.489. The first-order chi connectivity index (χ1) is 4.16. The molecule has 0 aliphatic carbocycles.